The monoisotopic (exact) mass is 570 g/mol. The molecule has 0 amide bonds. The summed E-state index contributed by atoms with van der Waals surface area (Å²) in [6, 6.07) is 26.1. The van der Waals surface area contributed by atoms with E-state index in [0.29, 0.717) is 23.6 Å². The van der Waals surface area contributed by atoms with E-state index in [1.54, 1.807) is 11.8 Å². The maximum atomic E-state index is 11.8. The number of rotatable bonds is 11. The topological polar surface area (TPSA) is 73.2 Å². The Bertz CT molecular complexity index is 1550. The van der Waals surface area contributed by atoms with Gasteiger partial charge in [-0.2, -0.15) is 11.8 Å². The van der Waals surface area contributed by atoms with Crippen LogP contribution < -0.4 is 5.11 Å². The second kappa shape index (κ2) is 11.8. The van der Waals surface area contributed by atoms with E-state index in [1.165, 1.54) is 0 Å². The van der Waals surface area contributed by atoms with Crippen molar-refractivity contribution in [1.29, 1.82) is 0 Å². The number of benzene rings is 3. The number of aliphatic carboxylic acids is 1. The SMILES string of the molecule is CC(C)(O)c1ccccc1CC[C@@H](SCC1(C(=O)[O-])CC1)c1cccc(/C=C/c2ccc3ccc(Cl)cc3n2)c1. The maximum Gasteiger partial charge on any atom is 0.0843 e. The highest BCUT2D eigenvalue weighted by atomic mass is 35.5. The minimum absolute atomic E-state index is 0.0981. The largest absolute Gasteiger partial charge is 0.550 e. The predicted molar refractivity (Wildman–Crippen MR) is 164 cm³/mol. The molecule has 1 N–H and O–H groups in total. The number of aliphatic hydroxyl groups is 1. The van der Waals surface area contributed by atoms with Gasteiger partial charge >= 0.3 is 0 Å². The highest BCUT2D eigenvalue weighted by molar-refractivity contribution is 7.99. The Balaban J connectivity index is 1.38. The number of halogens is 1. The average Bonchev–Trinajstić information content (AvgIpc) is 3.73. The van der Waals surface area contributed by atoms with Crippen LogP contribution in [-0.4, -0.2) is 21.8 Å². The molecule has 206 valence electrons. The van der Waals surface area contributed by atoms with Gasteiger partial charge < -0.3 is 15.0 Å². The first-order chi connectivity index (χ1) is 19.1. The molecule has 5 rings (SSSR count). The predicted octanol–water partition coefficient (Wildman–Crippen LogP) is 7.22. The van der Waals surface area contributed by atoms with E-state index in [0.717, 1.165) is 51.7 Å². The number of nitrogens with zero attached hydrogens (tertiary/aromatic N) is 1. The van der Waals surface area contributed by atoms with Gasteiger partial charge in [-0.05, 0) is 86.1 Å². The second-order valence-corrected chi connectivity index (χ2v) is 12.8. The van der Waals surface area contributed by atoms with Crippen LogP contribution in [0.3, 0.4) is 0 Å². The summed E-state index contributed by atoms with van der Waals surface area (Å²) in [4.78, 5) is 16.5. The standard InChI is InChI=1S/C34H34ClNO3S/c1-33(2,39)29-9-4-3-7-24(29)13-17-31(40-22-34(18-19-34)32(37)38)26-8-5-6-23(20-26)10-15-28-16-12-25-11-14-27(35)21-30(25)36-28/h3-12,14-16,20-21,31,39H,13,17-19,22H2,1-2H3,(H,37,38)/p-1/b15-10+/t31-/m1/s1. The van der Waals surface area contributed by atoms with Crippen molar-refractivity contribution < 1.29 is 15.0 Å². The van der Waals surface area contributed by atoms with E-state index >= 15 is 0 Å². The van der Waals surface area contributed by atoms with Crippen LogP contribution in [0.4, 0.5) is 0 Å². The number of hydrogen-bond acceptors (Lipinski definition) is 5. The van der Waals surface area contributed by atoms with Gasteiger partial charge in [0.1, 0.15) is 0 Å². The van der Waals surface area contributed by atoms with Gasteiger partial charge in [-0.15, -0.1) is 0 Å². The van der Waals surface area contributed by atoms with Crippen LogP contribution in [-0.2, 0) is 16.8 Å². The van der Waals surface area contributed by atoms with Crippen LogP contribution >= 0.6 is 23.4 Å². The molecular weight excluding hydrogens is 538 g/mol. The Hall–Kier alpha value is -3.12. The zero-order valence-electron chi connectivity index (χ0n) is 22.8. The van der Waals surface area contributed by atoms with E-state index in [4.69, 9.17) is 16.6 Å². The Labute approximate surface area is 245 Å². The Morgan fingerprint density at radius 2 is 1.85 bits per heavy atom. The van der Waals surface area contributed by atoms with E-state index < -0.39 is 17.0 Å². The molecule has 0 aliphatic heterocycles. The second-order valence-electron chi connectivity index (χ2n) is 11.2. The summed E-state index contributed by atoms with van der Waals surface area (Å²) in [5.41, 5.74) is 4.31. The number of carbonyl (C=O) groups excluding carboxylic acids is 1. The van der Waals surface area contributed by atoms with Gasteiger partial charge in [-0.1, -0.05) is 78.3 Å². The normalized spacial score (nSPS) is 15.4. The first kappa shape index (κ1) is 28.4. The van der Waals surface area contributed by atoms with Crippen molar-refractivity contribution in [2.75, 3.05) is 5.75 Å². The van der Waals surface area contributed by atoms with Gasteiger partial charge in [0.2, 0.25) is 0 Å². The number of thioether (sulfide) groups is 1. The van der Waals surface area contributed by atoms with Crippen LogP contribution in [0.1, 0.15) is 66.3 Å². The molecule has 6 heteroatoms. The number of carbonyl (C=O) groups is 1. The molecule has 1 aliphatic carbocycles. The molecule has 4 aromatic rings. The molecule has 1 atom stereocenters. The quantitative estimate of drug-likeness (QED) is 0.206. The summed E-state index contributed by atoms with van der Waals surface area (Å²) < 4.78 is 0. The van der Waals surface area contributed by atoms with Crippen molar-refractivity contribution in [1.82, 2.24) is 4.98 Å². The first-order valence-electron chi connectivity index (χ1n) is 13.6. The zero-order valence-corrected chi connectivity index (χ0v) is 24.3. The summed E-state index contributed by atoms with van der Waals surface area (Å²) in [7, 11) is 0. The van der Waals surface area contributed by atoms with Gasteiger partial charge in [0.15, 0.2) is 0 Å². The van der Waals surface area contributed by atoms with Crippen LogP contribution in [0.5, 0.6) is 0 Å². The molecule has 1 heterocycles. The fourth-order valence-corrected chi connectivity index (χ4v) is 6.75. The van der Waals surface area contributed by atoms with Crippen molar-refractivity contribution in [2.24, 2.45) is 5.41 Å². The molecule has 40 heavy (non-hydrogen) atoms. The number of carboxylic acid groups (broad SMARTS) is 1. The van der Waals surface area contributed by atoms with Gasteiger partial charge in [0, 0.05) is 32.8 Å². The summed E-state index contributed by atoms with van der Waals surface area (Å²) in [5, 5.41) is 24.3. The van der Waals surface area contributed by atoms with Gasteiger partial charge in [0.25, 0.3) is 0 Å². The molecule has 4 nitrogen and oxygen atoms in total. The van der Waals surface area contributed by atoms with E-state index in [9.17, 15) is 15.0 Å². The Kier molecular flexibility index (Phi) is 8.37. The van der Waals surface area contributed by atoms with Gasteiger partial charge in [0.05, 0.1) is 16.8 Å². The lowest BCUT2D eigenvalue weighted by molar-refractivity contribution is -0.312. The van der Waals surface area contributed by atoms with Crippen molar-refractivity contribution in [3.8, 4) is 0 Å². The zero-order chi connectivity index (χ0) is 28.3. The molecule has 1 saturated carbocycles. The molecular formula is C34H33ClNO3S-. The first-order valence-corrected chi connectivity index (χ1v) is 15.0. The third-order valence-corrected chi connectivity index (χ3v) is 9.47. The lowest BCUT2D eigenvalue weighted by atomic mass is 9.90. The van der Waals surface area contributed by atoms with Gasteiger partial charge in [-0.3, -0.25) is 0 Å². The molecule has 0 radical (unpaired) electrons. The van der Waals surface area contributed by atoms with E-state index in [1.807, 2.05) is 74.5 Å². The lowest BCUT2D eigenvalue weighted by Gasteiger charge is -2.25. The molecule has 0 spiro atoms. The van der Waals surface area contributed by atoms with Crippen LogP contribution in [0.25, 0.3) is 23.1 Å². The molecule has 1 aliphatic rings. The maximum absolute atomic E-state index is 11.8. The van der Waals surface area contributed by atoms with Crippen molar-refractivity contribution in [3.63, 3.8) is 0 Å². The number of hydrogen-bond donors (Lipinski definition) is 1. The Morgan fingerprint density at radius 3 is 2.60 bits per heavy atom. The van der Waals surface area contributed by atoms with Crippen molar-refractivity contribution in [3.05, 3.63) is 112 Å². The molecule has 0 saturated heterocycles. The van der Waals surface area contributed by atoms with Crippen LogP contribution in [0.2, 0.25) is 5.02 Å². The average molecular weight is 571 g/mol. The van der Waals surface area contributed by atoms with Crippen LogP contribution in [0.15, 0.2) is 78.9 Å². The van der Waals surface area contributed by atoms with E-state index in [-0.39, 0.29) is 5.25 Å². The lowest BCUT2D eigenvalue weighted by Crippen LogP contribution is -2.34. The molecule has 1 aromatic heterocycles. The van der Waals surface area contributed by atoms with Crippen LogP contribution in [0, 0.1) is 5.41 Å². The third kappa shape index (κ3) is 6.77. The fourth-order valence-electron chi connectivity index (χ4n) is 5.03. The Morgan fingerprint density at radius 1 is 1.07 bits per heavy atom. The molecule has 3 aromatic carbocycles. The number of carboxylic acids is 1. The molecule has 0 unspecified atom stereocenters. The highest BCUT2D eigenvalue weighted by Gasteiger charge is 2.44. The minimum atomic E-state index is -0.938. The molecule has 0 bridgehead atoms. The van der Waals surface area contributed by atoms with Crippen molar-refractivity contribution in [2.45, 2.75) is 50.4 Å². The van der Waals surface area contributed by atoms with E-state index in [2.05, 4.69) is 30.3 Å². The minimum Gasteiger partial charge on any atom is -0.550 e. The molecule has 1 fully saturated rings. The van der Waals surface area contributed by atoms with Gasteiger partial charge in [-0.25, -0.2) is 4.98 Å². The number of aromatic nitrogens is 1. The fraction of sp³-hybridized carbons (Fsp3) is 0.294. The number of aryl methyl sites for hydroxylation is 1. The third-order valence-electron chi connectivity index (χ3n) is 7.60. The smallest absolute Gasteiger partial charge is 0.0843 e. The summed E-state index contributed by atoms with van der Waals surface area (Å²) in [5.74, 6) is -0.400. The van der Waals surface area contributed by atoms with Crippen molar-refractivity contribution >= 4 is 52.4 Å². The summed E-state index contributed by atoms with van der Waals surface area (Å²) >= 11 is 7.85. The highest BCUT2D eigenvalue weighted by Crippen LogP contribution is 2.50. The summed E-state index contributed by atoms with van der Waals surface area (Å²) in [6.45, 7) is 3.62. The summed E-state index contributed by atoms with van der Waals surface area (Å²) in [6.07, 6.45) is 7.01. The number of fused-ring (bicyclic) bond motifs is 1. The number of pyridine rings is 1.